The van der Waals surface area contributed by atoms with E-state index in [4.69, 9.17) is 5.84 Å². The number of nitrogens with two attached hydrogens (primary N) is 1. The predicted molar refractivity (Wildman–Crippen MR) is 77.5 cm³/mol. The quantitative estimate of drug-likeness (QED) is 0.375. The van der Waals surface area contributed by atoms with Crippen LogP contribution in [0, 0.1) is 6.92 Å². The molecule has 0 unspecified atom stereocenters. The lowest BCUT2D eigenvalue weighted by Gasteiger charge is -2.09. The van der Waals surface area contributed by atoms with E-state index >= 15 is 0 Å². The summed E-state index contributed by atoms with van der Waals surface area (Å²) in [5.41, 5.74) is 3.78. The third-order valence-electron chi connectivity index (χ3n) is 3.49. The molecule has 102 valence electrons. The standard InChI is InChI=1S/C15H21N3O/c1-11-12(7-4-6-10-15(19)18(2)16)13-8-3-5-9-14(13)17-11/h3,5,8-9,17H,4,6-7,10,16H2,1-2H3. The summed E-state index contributed by atoms with van der Waals surface area (Å²) < 4.78 is 0. The highest BCUT2D eigenvalue weighted by Gasteiger charge is 2.08. The van der Waals surface area contributed by atoms with E-state index in [0.29, 0.717) is 6.42 Å². The summed E-state index contributed by atoms with van der Waals surface area (Å²) in [6.45, 7) is 2.11. The minimum absolute atomic E-state index is 0.00403. The number of fused-ring (bicyclic) bond motifs is 1. The maximum Gasteiger partial charge on any atom is 0.236 e. The molecule has 1 aromatic carbocycles. The summed E-state index contributed by atoms with van der Waals surface area (Å²) in [6, 6.07) is 8.34. The van der Waals surface area contributed by atoms with Crippen molar-refractivity contribution in [2.75, 3.05) is 7.05 Å². The minimum Gasteiger partial charge on any atom is -0.358 e. The van der Waals surface area contributed by atoms with Crippen molar-refractivity contribution in [2.45, 2.75) is 32.6 Å². The summed E-state index contributed by atoms with van der Waals surface area (Å²) in [5, 5.41) is 2.46. The van der Waals surface area contributed by atoms with Gasteiger partial charge in [0, 0.05) is 30.1 Å². The Morgan fingerprint density at radius 3 is 2.79 bits per heavy atom. The van der Waals surface area contributed by atoms with Crippen LogP contribution in [0.5, 0.6) is 0 Å². The molecule has 0 atom stereocenters. The fourth-order valence-electron chi connectivity index (χ4n) is 2.41. The normalized spacial score (nSPS) is 10.9. The van der Waals surface area contributed by atoms with Crippen molar-refractivity contribution >= 4 is 16.8 Å². The van der Waals surface area contributed by atoms with Gasteiger partial charge in [-0.1, -0.05) is 18.2 Å². The second kappa shape index (κ2) is 5.89. The molecule has 4 heteroatoms. The lowest BCUT2D eigenvalue weighted by Crippen LogP contribution is -2.32. The molecule has 0 saturated carbocycles. The molecule has 19 heavy (non-hydrogen) atoms. The molecule has 1 amide bonds. The average Bonchev–Trinajstić information content (AvgIpc) is 2.70. The van der Waals surface area contributed by atoms with Crippen LogP contribution < -0.4 is 5.84 Å². The van der Waals surface area contributed by atoms with Crippen LogP contribution >= 0.6 is 0 Å². The second-order valence-corrected chi connectivity index (χ2v) is 4.99. The van der Waals surface area contributed by atoms with E-state index < -0.39 is 0 Å². The van der Waals surface area contributed by atoms with Crippen LogP contribution in [-0.4, -0.2) is 22.9 Å². The van der Waals surface area contributed by atoms with Crippen molar-refractivity contribution in [2.24, 2.45) is 5.84 Å². The zero-order valence-corrected chi connectivity index (χ0v) is 11.6. The zero-order valence-electron chi connectivity index (χ0n) is 11.6. The number of carbonyl (C=O) groups excluding carboxylic acids is 1. The predicted octanol–water partition coefficient (Wildman–Crippen LogP) is 2.52. The Kier molecular flexibility index (Phi) is 4.22. The van der Waals surface area contributed by atoms with Gasteiger partial charge in [0.15, 0.2) is 0 Å². The van der Waals surface area contributed by atoms with Gasteiger partial charge in [-0.05, 0) is 37.8 Å². The van der Waals surface area contributed by atoms with Gasteiger partial charge in [0.1, 0.15) is 0 Å². The number of nitrogens with zero attached hydrogens (tertiary/aromatic N) is 1. The molecular weight excluding hydrogens is 238 g/mol. The Bertz CT molecular complexity index is 572. The molecule has 0 aliphatic heterocycles. The highest BCUT2D eigenvalue weighted by atomic mass is 16.2. The van der Waals surface area contributed by atoms with Crippen LogP contribution in [0.3, 0.4) is 0 Å². The number of aromatic nitrogens is 1. The number of nitrogens with one attached hydrogen (secondary N) is 1. The number of hydrogen-bond donors (Lipinski definition) is 2. The first kappa shape index (κ1) is 13.6. The molecule has 2 rings (SSSR count). The number of benzene rings is 1. The fraction of sp³-hybridized carbons (Fsp3) is 0.400. The van der Waals surface area contributed by atoms with Crippen LogP contribution in [0.4, 0.5) is 0 Å². The number of H-pyrrole nitrogens is 1. The van der Waals surface area contributed by atoms with Crippen molar-refractivity contribution in [1.82, 2.24) is 9.99 Å². The van der Waals surface area contributed by atoms with Gasteiger partial charge in [-0.25, -0.2) is 5.84 Å². The summed E-state index contributed by atoms with van der Waals surface area (Å²) in [7, 11) is 1.59. The molecule has 1 aromatic heterocycles. The molecule has 0 spiro atoms. The number of unbranched alkanes of at least 4 members (excludes halogenated alkanes) is 1. The maximum absolute atomic E-state index is 11.4. The van der Waals surface area contributed by atoms with E-state index in [2.05, 4.69) is 30.1 Å². The number of amides is 1. The summed E-state index contributed by atoms with van der Waals surface area (Å²) in [5.74, 6) is 5.39. The van der Waals surface area contributed by atoms with E-state index in [-0.39, 0.29) is 5.91 Å². The Morgan fingerprint density at radius 2 is 2.05 bits per heavy atom. The topological polar surface area (TPSA) is 62.1 Å². The largest absolute Gasteiger partial charge is 0.358 e. The molecule has 0 radical (unpaired) electrons. The highest BCUT2D eigenvalue weighted by Crippen LogP contribution is 2.23. The number of aryl methyl sites for hydroxylation is 2. The monoisotopic (exact) mass is 259 g/mol. The third-order valence-corrected chi connectivity index (χ3v) is 3.49. The SMILES string of the molecule is Cc1[nH]c2ccccc2c1CCCCC(=O)N(C)N. The number of rotatable bonds is 5. The Labute approximate surface area is 113 Å². The number of aromatic amines is 1. The number of hydrogen-bond acceptors (Lipinski definition) is 2. The summed E-state index contributed by atoms with van der Waals surface area (Å²) in [6.07, 6.45) is 3.40. The van der Waals surface area contributed by atoms with E-state index in [1.807, 2.05) is 6.07 Å². The van der Waals surface area contributed by atoms with Gasteiger partial charge in [-0.3, -0.25) is 9.80 Å². The van der Waals surface area contributed by atoms with Crippen molar-refractivity contribution in [3.05, 3.63) is 35.5 Å². The van der Waals surface area contributed by atoms with Gasteiger partial charge >= 0.3 is 0 Å². The van der Waals surface area contributed by atoms with Crippen molar-refractivity contribution < 1.29 is 4.79 Å². The third kappa shape index (κ3) is 3.15. The summed E-state index contributed by atoms with van der Waals surface area (Å²) in [4.78, 5) is 14.8. The van der Waals surface area contributed by atoms with E-state index in [9.17, 15) is 4.79 Å². The highest BCUT2D eigenvalue weighted by molar-refractivity contribution is 5.84. The van der Waals surface area contributed by atoms with Crippen LogP contribution in [0.25, 0.3) is 10.9 Å². The lowest BCUT2D eigenvalue weighted by molar-refractivity contribution is -0.130. The first-order chi connectivity index (χ1) is 9.09. The van der Waals surface area contributed by atoms with Gasteiger partial charge in [-0.2, -0.15) is 0 Å². The smallest absolute Gasteiger partial charge is 0.236 e. The first-order valence-corrected chi connectivity index (χ1v) is 6.67. The summed E-state index contributed by atoms with van der Waals surface area (Å²) >= 11 is 0. The van der Waals surface area contributed by atoms with E-state index in [0.717, 1.165) is 24.3 Å². The first-order valence-electron chi connectivity index (χ1n) is 6.67. The molecule has 1 heterocycles. The van der Waals surface area contributed by atoms with Crippen LogP contribution in [0.2, 0.25) is 0 Å². The lowest BCUT2D eigenvalue weighted by atomic mass is 10.0. The van der Waals surface area contributed by atoms with Gasteiger partial charge in [0.2, 0.25) is 5.91 Å². The average molecular weight is 259 g/mol. The van der Waals surface area contributed by atoms with Gasteiger partial charge in [0.05, 0.1) is 0 Å². The van der Waals surface area contributed by atoms with Crippen LogP contribution in [-0.2, 0) is 11.2 Å². The molecule has 0 saturated heterocycles. The van der Waals surface area contributed by atoms with Crippen molar-refractivity contribution in [1.29, 1.82) is 0 Å². The molecule has 0 aliphatic carbocycles. The Hall–Kier alpha value is -1.81. The van der Waals surface area contributed by atoms with Gasteiger partial charge in [-0.15, -0.1) is 0 Å². The van der Waals surface area contributed by atoms with Crippen molar-refractivity contribution in [3.63, 3.8) is 0 Å². The van der Waals surface area contributed by atoms with Crippen LogP contribution in [0.1, 0.15) is 30.5 Å². The number of para-hydroxylation sites is 1. The molecular formula is C15H21N3O. The molecule has 3 N–H and O–H groups in total. The molecule has 0 aliphatic rings. The second-order valence-electron chi connectivity index (χ2n) is 4.99. The van der Waals surface area contributed by atoms with Gasteiger partial charge in [0.25, 0.3) is 0 Å². The zero-order chi connectivity index (χ0) is 13.8. The van der Waals surface area contributed by atoms with Gasteiger partial charge < -0.3 is 4.98 Å². The minimum atomic E-state index is -0.00403. The Balaban J connectivity index is 1.95. The molecule has 2 aromatic rings. The molecule has 0 fully saturated rings. The number of hydrazine groups is 1. The van der Waals surface area contributed by atoms with Crippen molar-refractivity contribution in [3.8, 4) is 0 Å². The molecule has 4 nitrogen and oxygen atoms in total. The fourth-order valence-corrected chi connectivity index (χ4v) is 2.41. The van der Waals surface area contributed by atoms with Crippen LogP contribution in [0.15, 0.2) is 24.3 Å². The van der Waals surface area contributed by atoms with E-state index in [1.165, 1.54) is 22.2 Å². The molecule has 0 bridgehead atoms. The maximum atomic E-state index is 11.4. The number of carbonyl (C=O) groups is 1. The van der Waals surface area contributed by atoms with E-state index in [1.54, 1.807) is 7.05 Å². The Morgan fingerprint density at radius 1 is 1.32 bits per heavy atom.